The molecule has 1 aliphatic rings. The Labute approximate surface area is 134 Å². The molecular formula is C17H23F3O3. The maximum atomic E-state index is 13.0. The van der Waals surface area contributed by atoms with Crippen molar-refractivity contribution >= 4 is 0 Å². The summed E-state index contributed by atoms with van der Waals surface area (Å²) in [6, 6.07) is 4.71. The minimum atomic E-state index is -4.27. The van der Waals surface area contributed by atoms with Crippen molar-refractivity contribution in [3.63, 3.8) is 0 Å². The first-order chi connectivity index (χ1) is 10.9. The number of methoxy groups -OCH3 is 1. The summed E-state index contributed by atoms with van der Waals surface area (Å²) in [4.78, 5) is 0. The van der Waals surface area contributed by atoms with E-state index < -0.39 is 12.1 Å². The van der Waals surface area contributed by atoms with Gasteiger partial charge in [0.15, 0.2) is 6.29 Å². The molecule has 0 N–H and O–H groups in total. The molecule has 1 aromatic carbocycles. The number of benzene rings is 1. The van der Waals surface area contributed by atoms with E-state index in [0.29, 0.717) is 30.9 Å². The van der Waals surface area contributed by atoms with Gasteiger partial charge in [0.25, 0.3) is 0 Å². The summed E-state index contributed by atoms with van der Waals surface area (Å²) in [5.41, 5.74) is 0.872. The predicted molar refractivity (Wildman–Crippen MR) is 80.7 cm³/mol. The van der Waals surface area contributed by atoms with Gasteiger partial charge in [0.1, 0.15) is 5.75 Å². The van der Waals surface area contributed by atoms with Gasteiger partial charge in [0.2, 0.25) is 0 Å². The quantitative estimate of drug-likeness (QED) is 0.770. The predicted octanol–water partition coefficient (Wildman–Crippen LogP) is 4.45. The van der Waals surface area contributed by atoms with Crippen molar-refractivity contribution in [3.8, 4) is 5.75 Å². The van der Waals surface area contributed by atoms with Gasteiger partial charge in [0.05, 0.1) is 19.6 Å². The van der Waals surface area contributed by atoms with Gasteiger partial charge in [-0.3, -0.25) is 0 Å². The molecule has 0 spiro atoms. The van der Waals surface area contributed by atoms with Gasteiger partial charge in [0, 0.05) is 6.61 Å². The highest BCUT2D eigenvalue weighted by molar-refractivity contribution is 5.38. The molecule has 23 heavy (non-hydrogen) atoms. The fraction of sp³-hybridized carbons (Fsp3) is 0.647. The zero-order valence-electron chi connectivity index (χ0n) is 13.5. The molecule has 1 aromatic rings. The van der Waals surface area contributed by atoms with Crippen LogP contribution in [0, 0.1) is 0 Å². The van der Waals surface area contributed by atoms with Crippen molar-refractivity contribution in [3.05, 3.63) is 29.3 Å². The number of ether oxygens (including phenoxy) is 3. The number of hydrogen-bond acceptors (Lipinski definition) is 3. The Hall–Kier alpha value is -1.27. The fourth-order valence-electron chi connectivity index (χ4n) is 2.67. The second kappa shape index (κ2) is 8.02. The van der Waals surface area contributed by atoms with E-state index in [1.165, 1.54) is 20.1 Å². The average Bonchev–Trinajstić information content (AvgIpc) is 2.54. The maximum absolute atomic E-state index is 13.0. The molecule has 6 heteroatoms. The molecule has 2 atom stereocenters. The van der Waals surface area contributed by atoms with E-state index in [1.807, 2.05) is 0 Å². The van der Waals surface area contributed by atoms with Crippen LogP contribution in [0.3, 0.4) is 0 Å². The van der Waals surface area contributed by atoms with Gasteiger partial charge < -0.3 is 14.2 Å². The second-order valence-corrected chi connectivity index (χ2v) is 5.74. The van der Waals surface area contributed by atoms with Crippen LogP contribution >= 0.6 is 0 Å². The topological polar surface area (TPSA) is 27.7 Å². The summed E-state index contributed by atoms with van der Waals surface area (Å²) in [7, 11) is 1.50. The molecule has 3 nitrogen and oxygen atoms in total. The first kappa shape index (κ1) is 18.1. The molecule has 1 heterocycles. The lowest BCUT2D eigenvalue weighted by Crippen LogP contribution is -2.24. The minimum Gasteiger partial charge on any atom is -0.497 e. The highest BCUT2D eigenvalue weighted by atomic mass is 19.4. The first-order valence-corrected chi connectivity index (χ1v) is 7.88. The summed E-state index contributed by atoms with van der Waals surface area (Å²) < 4.78 is 55.3. The van der Waals surface area contributed by atoms with Crippen LogP contribution in [0.4, 0.5) is 13.2 Å². The zero-order chi connectivity index (χ0) is 16.9. The van der Waals surface area contributed by atoms with E-state index in [0.717, 1.165) is 19.3 Å². The monoisotopic (exact) mass is 332 g/mol. The van der Waals surface area contributed by atoms with Gasteiger partial charge in [-0.05, 0) is 55.9 Å². The molecular weight excluding hydrogens is 309 g/mol. The third-order valence-electron chi connectivity index (χ3n) is 4.12. The highest BCUT2D eigenvalue weighted by Gasteiger charge is 2.38. The molecule has 2 rings (SSSR count). The third-order valence-corrected chi connectivity index (χ3v) is 4.12. The van der Waals surface area contributed by atoms with Crippen molar-refractivity contribution in [1.29, 1.82) is 0 Å². The van der Waals surface area contributed by atoms with Gasteiger partial charge in [-0.25, -0.2) is 0 Å². The Morgan fingerprint density at radius 1 is 1.30 bits per heavy atom. The largest absolute Gasteiger partial charge is 0.497 e. The average molecular weight is 332 g/mol. The molecule has 0 amide bonds. The molecule has 1 aliphatic heterocycles. The van der Waals surface area contributed by atoms with Crippen LogP contribution in [0.2, 0.25) is 0 Å². The van der Waals surface area contributed by atoms with Crippen LogP contribution in [0.25, 0.3) is 0 Å². The Bertz CT molecular complexity index is 496. The maximum Gasteiger partial charge on any atom is 0.395 e. The van der Waals surface area contributed by atoms with Crippen molar-refractivity contribution in [2.75, 3.05) is 20.3 Å². The molecule has 130 valence electrons. The van der Waals surface area contributed by atoms with Crippen LogP contribution < -0.4 is 4.74 Å². The molecule has 0 saturated carbocycles. The van der Waals surface area contributed by atoms with Crippen LogP contribution in [-0.4, -0.2) is 32.8 Å². The number of alkyl halides is 3. The van der Waals surface area contributed by atoms with Crippen molar-refractivity contribution in [2.45, 2.75) is 51.0 Å². The molecule has 0 aromatic heterocycles. The number of hydrogen-bond donors (Lipinski definition) is 0. The standard InChI is InChI=1S/C17H23F3O3/c1-12(17(18,19)20)15-7-6-14(21-2)11-13(15)8-10-23-16-5-3-4-9-22-16/h6-7,11-12,16H,3-5,8-10H2,1-2H3. The van der Waals surface area contributed by atoms with Gasteiger partial charge in [-0.1, -0.05) is 6.07 Å². The van der Waals surface area contributed by atoms with Crippen molar-refractivity contribution in [1.82, 2.24) is 0 Å². The zero-order valence-corrected chi connectivity index (χ0v) is 13.5. The highest BCUT2D eigenvalue weighted by Crippen LogP contribution is 2.37. The van der Waals surface area contributed by atoms with Gasteiger partial charge >= 0.3 is 6.18 Å². The fourth-order valence-corrected chi connectivity index (χ4v) is 2.67. The van der Waals surface area contributed by atoms with E-state index in [9.17, 15) is 13.2 Å². The Morgan fingerprint density at radius 2 is 2.09 bits per heavy atom. The number of halogens is 3. The smallest absolute Gasteiger partial charge is 0.395 e. The third kappa shape index (κ3) is 5.11. The van der Waals surface area contributed by atoms with E-state index in [4.69, 9.17) is 14.2 Å². The molecule has 0 aliphatic carbocycles. The van der Waals surface area contributed by atoms with E-state index in [-0.39, 0.29) is 11.9 Å². The van der Waals surface area contributed by atoms with Crippen molar-refractivity contribution < 1.29 is 27.4 Å². The summed E-state index contributed by atoms with van der Waals surface area (Å²) in [5, 5.41) is 0. The SMILES string of the molecule is COc1ccc(C(C)C(F)(F)F)c(CCOC2CCCCO2)c1. The molecule has 2 unspecified atom stereocenters. The van der Waals surface area contributed by atoms with Crippen LogP contribution in [0.1, 0.15) is 43.2 Å². The van der Waals surface area contributed by atoms with E-state index >= 15 is 0 Å². The second-order valence-electron chi connectivity index (χ2n) is 5.74. The first-order valence-electron chi connectivity index (χ1n) is 7.88. The molecule has 0 radical (unpaired) electrons. The lowest BCUT2D eigenvalue weighted by atomic mass is 9.93. The molecule has 1 saturated heterocycles. The van der Waals surface area contributed by atoms with Crippen LogP contribution in [0.15, 0.2) is 18.2 Å². The van der Waals surface area contributed by atoms with Gasteiger partial charge in [-0.2, -0.15) is 13.2 Å². The summed E-state index contributed by atoms with van der Waals surface area (Å²) >= 11 is 0. The Kier molecular flexibility index (Phi) is 6.30. The Balaban J connectivity index is 2.05. The van der Waals surface area contributed by atoms with Crippen LogP contribution in [0.5, 0.6) is 5.75 Å². The summed E-state index contributed by atoms with van der Waals surface area (Å²) in [6.45, 7) is 2.19. The van der Waals surface area contributed by atoms with Crippen LogP contribution in [-0.2, 0) is 15.9 Å². The lowest BCUT2D eigenvalue weighted by molar-refractivity contribution is -0.162. The minimum absolute atomic E-state index is 0.238. The van der Waals surface area contributed by atoms with E-state index in [2.05, 4.69) is 0 Å². The molecule has 1 fully saturated rings. The summed E-state index contributed by atoms with van der Waals surface area (Å²) in [6.07, 6.45) is -1.19. The number of rotatable bonds is 6. The Morgan fingerprint density at radius 3 is 2.70 bits per heavy atom. The van der Waals surface area contributed by atoms with Gasteiger partial charge in [-0.15, -0.1) is 0 Å². The van der Waals surface area contributed by atoms with E-state index in [1.54, 1.807) is 12.1 Å². The van der Waals surface area contributed by atoms with Crippen molar-refractivity contribution in [2.24, 2.45) is 0 Å². The lowest BCUT2D eigenvalue weighted by Gasteiger charge is -2.24. The summed E-state index contributed by atoms with van der Waals surface area (Å²) in [5.74, 6) is -0.971. The molecule has 0 bridgehead atoms. The normalized spacial score (nSPS) is 20.3.